The summed E-state index contributed by atoms with van der Waals surface area (Å²) in [6.45, 7) is 6.61. The predicted molar refractivity (Wildman–Crippen MR) is 85.2 cm³/mol. The molecule has 23 heavy (non-hydrogen) atoms. The molecule has 1 amide bonds. The first-order valence-electron chi connectivity index (χ1n) is 7.54. The van der Waals surface area contributed by atoms with Gasteiger partial charge < -0.3 is 20.1 Å². The summed E-state index contributed by atoms with van der Waals surface area (Å²) in [5.74, 6) is -0.516. The highest BCUT2D eigenvalue weighted by Gasteiger charge is 2.31. The highest BCUT2D eigenvalue weighted by atomic mass is 16.6. The van der Waals surface area contributed by atoms with Crippen LogP contribution in [-0.2, 0) is 9.47 Å². The first kappa shape index (κ1) is 17.1. The third-order valence-electron chi connectivity index (χ3n) is 3.58. The number of carbonyl (C=O) groups excluding carboxylic acids is 2. The zero-order valence-corrected chi connectivity index (χ0v) is 14.0. The number of hydrogen-bond acceptors (Lipinski definition) is 6. The lowest BCUT2D eigenvalue weighted by Crippen LogP contribution is -2.35. The van der Waals surface area contributed by atoms with Crippen LogP contribution in [0, 0.1) is 0 Å². The van der Waals surface area contributed by atoms with Crippen molar-refractivity contribution in [3.05, 3.63) is 23.5 Å². The average molecular weight is 321 g/mol. The summed E-state index contributed by atoms with van der Waals surface area (Å²) >= 11 is 0. The number of nitrogens with zero attached hydrogens (tertiary/aromatic N) is 2. The van der Waals surface area contributed by atoms with Gasteiger partial charge in [0.2, 0.25) is 0 Å². The Labute approximate surface area is 135 Å². The van der Waals surface area contributed by atoms with Crippen LogP contribution in [0.3, 0.4) is 0 Å². The van der Waals surface area contributed by atoms with Gasteiger partial charge in [0.05, 0.1) is 12.8 Å². The lowest BCUT2D eigenvalue weighted by molar-refractivity contribution is 0.0292. The van der Waals surface area contributed by atoms with Crippen LogP contribution >= 0.6 is 0 Å². The van der Waals surface area contributed by atoms with Crippen LogP contribution in [0.25, 0.3) is 0 Å². The number of aromatic nitrogens is 1. The predicted octanol–water partition coefficient (Wildman–Crippen LogP) is 2.17. The molecule has 126 valence electrons. The van der Waals surface area contributed by atoms with Crippen molar-refractivity contribution in [1.82, 2.24) is 9.88 Å². The summed E-state index contributed by atoms with van der Waals surface area (Å²) < 4.78 is 10.1. The molecule has 1 fully saturated rings. The Bertz CT molecular complexity index is 610. The van der Waals surface area contributed by atoms with E-state index >= 15 is 0 Å². The van der Waals surface area contributed by atoms with E-state index in [9.17, 15) is 9.59 Å². The molecule has 1 aromatic rings. The molecule has 0 saturated carbocycles. The zero-order valence-electron chi connectivity index (χ0n) is 14.0. The quantitative estimate of drug-likeness (QED) is 0.839. The molecule has 7 nitrogen and oxygen atoms in total. The van der Waals surface area contributed by atoms with Gasteiger partial charge in [-0.05, 0) is 39.3 Å². The van der Waals surface area contributed by atoms with Gasteiger partial charge >= 0.3 is 12.1 Å². The smallest absolute Gasteiger partial charge is 0.410 e. The molecule has 1 aliphatic heterocycles. The Kier molecular flexibility index (Phi) is 4.77. The van der Waals surface area contributed by atoms with Gasteiger partial charge in [-0.1, -0.05) is 0 Å². The molecule has 0 aliphatic carbocycles. The summed E-state index contributed by atoms with van der Waals surface area (Å²) in [4.78, 5) is 29.8. The van der Waals surface area contributed by atoms with E-state index in [0.29, 0.717) is 13.1 Å². The van der Waals surface area contributed by atoms with Gasteiger partial charge in [-0.15, -0.1) is 0 Å². The largest absolute Gasteiger partial charge is 0.464 e. The molecule has 0 spiro atoms. The van der Waals surface area contributed by atoms with E-state index in [1.54, 1.807) is 17.0 Å². The third-order valence-corrected chi connectivity index (χ3v) is 3.58. The summed E-state index contributed by atoms with van der Waals surface area (Å²) in [5, 5.41) is 0. The van der Waals surface area contributed by atoms with Crippen molar-refractivity contribution in [3.63, 3.8) is 0 Å². The molecule has 1 atom stereocenters. The molecule has 1 unspecified atom stereocenters. The monoisotopic (exact) mass is 321 g/mol. The molecule has 2 heterocycles. The van der Waals surface area contributed by atoms with Gasteiger partial charge in [0, 0.05) is 24.7 Å². The number of likely N-dealkylation sites (tertiary alicyclic amines) is 1. The number of pyridine rings is 1. The number of carbonyl (C=O) groups is 2. The summed E-state index contributed by atoms with van der Waals surface area (Å²) in [7, 11) is 1.29. The molecular formula is C16H23N3O4. The zero-order chi connectivity index (χ0) is 17.2. The van der Waals surface area contributed by atoms with Crippen molar-refractivity contribution < 1.29 is 19.1 Å². The van der Waals surface area contributed by atoms with Gasteiger partial charge in [-0.2, -0.15) is 0 Å². The van der Waals surface area contributed by atoms with Crippen molar-refractivity contribution in [2.75, 3.05) is 25.9 Å². The average Bonchev–Trinajstić information content (AvgIpc) is 2.95. The molecule has 2 N–H and O–H groups in total. The fourth-order valence-corrected chi connectivity index (χ4v) is 2.47. The van der Waals surface area contributed by atoms with Crippen molar-refractivity contribution in [3.8, 4) is 0 Å². The van der Waals surface area contributed by atoms with Gasteiger partial charge in [0.25, 0.3) is 0 Å². The highest BCUT2D eigenvalue weighted by molar-refractivity contribution is 5.92. The second-order valence-corrected chi connectivity index (χ2v) is 6.58. The van der Waals surface area contributed by atoms with Crippen molar-refractivity contribution >= 4 is 17.7 Å². The van der Waals surface area contributed by atoms with Crippen LogP contribution in [0.4, 0.5) is 10.5 Å². The van der Waals surface area contributed by atoms with Gasteiger partial charge in [0.15, 0.2) is 5.69 Å². The number of nitrogen functional groups attached to an aromatic ring is 1. The lowest BCUT2D eigenvalue weighted by Gasteiger charge is -2.24. The number of anilines is 1. The first-order valence-corrected chi connectivity index (χ1v) is 7.54. The molecule has 2 rings (SSSR count). The van der Waals surface area contributed by atoms with E-state index in [1.165, 1.54) is 7.11 Å². The second-order valence-electron chi connectivity index (χ2n) is 6.58. The number of methoxy groups -OCH3 is 1. The summed E-state index contributed by atoms with van der Waals surface area (Å²) in [5.41, 5.74) is 6.36. The van der Waals surface area contributed by atoms with E-state index in [1.807, 2.05) is 20.8 Å². The number of ether oxygens (including phenoxy) is 2. The van der Waals surface area contributed by atoms with E-state index in [-0.39, 0.29) is 23.4 Å². The number of rotatable bonds is 2. The Morgan fingerprint density at radius 1 is 1.35 bits per heavy atom. The van der Waals surface area contributed by atoms with Crippen LogP contribution < -0.4 is 5.73 Å². The lowest BCUT2D eigenvalue weighted by atomic mass is 10.0. The van der Waals surface area contributed by atoms with Crippen molar-refractivity contribution in [2.45, 2.75) is 38.7 Å². The summed E-state index contributed by atoms with van der Waals surface area (Å²) in [6, 6.07) is 3.43. The van der Waals surface area contributed by atoms with Crippen LogP contribution in [0.1, 0.15) is 49.3 Å². The van der Waals surface area contributed by atoms with Crippen LogP contribution in [0.2, 0.25) is 0 Å². The minimum atomic E-state index is -0.564. The minimum Gasteiger partial charge on any atom is -0.464 e. The maximum atomic E-state index is 12.1. The molecular weight excluding hydrogens is 298 g/mol. The number of nitrogens with two attached hydrogens (primary N) is 1. The fourth-order valence-electron chi connectivity index (χ4n) is 2.47. The number of esters is 1. The fraction of sp³-hybridized carbons (Fsp3) is 0.562. The van der Waals surface area contributed by atoms with E-state index in [0.717, 1.165) is 12.1 Å². The first-order chi connectivity index (χ1) is 10.7. The van der Waals surface area contributed by atoms with E-state index in [4.69, 9.17) is 10.5 Å². The maximum absolute atomic E-state index is 12.1. The van der Waals surface area contributed by atoms with Crippen LogP contribution in [0.15, 0.2) is 12.1 Å². The molecule has 1 aromatic heterocycles. The Morgan fingerprint density at radius 3 is 2.65 bits per heavy atom. The number of amides is 1. The third kappa shape index (κ3) is 4.12. The number of hydrogen-bond donors (Lipinski definition) is 1. The topological polar surface area (TPSA) is 94.8 Å². The van der Waals surface area contributed by atoms with Crippen LogP contribution in [-0.4, -0.2) is 47.7 Å². The van der Waals surface area contributed by atoms with Gasteiger partial charge in [0.1, 0.15) is 5.60 Å². The van der Waals surface area contributed by atoms with Crippen molar-refractivity contribution in [1.29, 1.82) is 0 Å². The molecule has 0 radical (unpaired) electrons. The molecule has 0 aromatic carbocycles. The summed E-state index contributed by atoms with van der Waals surface area (Å²) in [6.07, 6.45) is 0.431. The van der Waals surface area contributed by atoms with Gasteiger partial charge in [-0.25, -0.2) is 14.6 Å². The maximum Gasteiger partial charge on any atom is 0.410 e. The van der Waals surface area contributed by atoms with E-state index in [2.05, 4.69) is 9.72 Å². The Hall–Kier alpha value is -2.31. The highest BCUT2D eigenvalue weighted by Crippen LogP contribution is 2.28. The Morgan fingerprint density at radius 2 is 2.04 bits per heavy atom. The normalized spacial score (nSPS) is 17.9. The SMILES string of the molecule is COC(=O)c1nc(C2CCN(C(=O)OC(C)(C)C)C2)ccc1N. The second kappa shape index (κ2) is 6.44. The standard InChI is InChI=1S/C16H23N3O4/c1-16(2,3)23-15(21)19-8-7-10(9-19)12-6-5-11(17)13(18-12)14(20)22-4/h5-6,10H,7-9,17H2,1-4H3. The molecule has 0 bridgehead atoms. The molecule has 1 aliphatic rings. The van der Waals surface area contributed by atoms with E-state index < -0.39 is 11.6 Å². The minimum absolute atomic E-state index is 0.0477. The van der Waals surface area contributed by atoms with Gasteiger partial charge in [-0.3, -0.25) is 0 Å². The van der Waals surface area contributed by atoms with Crippen molar-refractivity contribution in [2.24, 2.45) is 0 Å². The molecule has 7 heteroatoms. The Balaban J connectivity index is 2.10. The molecule has 1 saturated heterocycles. The van der Waals surface area contributed by atoms with Crippen LogP contribution in [0.5, 0.6) is 0 Å².